The highest BCUT2D eigenvalue weighted by molar-refractivity contribution is 5.23. The second-order valence-electron chi connectivity index (χ2n) is 2.49. The maximum absolute atomic E-state index is 4.94. The normalized spacial score (nSPS) is 10.2. The van der Waals surface area contributed by atoms with E-state index in [0.717, 1.165) is 18.2 Å². The molecule has 1 aromatic rings. The monoisotopic (exact) mass is 170 g/mol. The lowest BCUT2D eigenvalue weighted by molar-refractivity contribution is 0.200. The molecule has 0 aromatic carbocycles. The fraction of sp³-hybridized carbons (Fsp3) is 0.714. The van der Waals surface area contributed by atoms with Gasteiger partial charge in [0.1, 0.15) is 5.82 Å². The average molecular weight is 170 g/mol. The molecule has 0 fully saturated rings. The number of aromatic nitrogens is 3. The van der Waals surface area contributed by atoms with Crippen molar-refractivity contribution >= 4 is 5.95 Å². The lowest BCUT2D eigenvalue weighted by atomic mass is 10.4. The van der Waals surface area contributed by atoms with Gasteiger partial charge in [0.15, 0.2) is 0 Å². The minimum atomic E-state index is 0.676. The van der Waals surface area contributed by atoms with E-state index < -0.39 is 0 Å². The maximum Gasteiger partial charge on any atom is 0.224 e. The first kappa shape index (κ1) is 8.99. The molecule has 0 atom stereocenters. The second-order valence-corrected chi connectivity index (χ2v) is 2.49. The van der Waals surface area contributed by atoms with Gasteiger partial charge in [0.05, 0.1) is 6.61 Å². The number of nitrogens with zero attached hydrogens (tertiary/aromatic N) is 3. The van der Waals surface area contributed by atoms with E-state index in [4.69, 9.17) is 4.74 Å². The summed E-state index contributed by atoms with van der Waals surface area (Å²) in [4.78, 5) is 0. The zero-order valence-corrected chi connectivity index (χ0v) is 7.66. The number of nitrogens with one attached hydrogen (secondary N) is 1. The fourth-order valence-electron chi connectivity index (χ4n) is 0.990. The van der Waals surface area contributed by atoms with Gasteiger partial charge in [-0.15, -0.1) is 10.2 Å². The standard InChI is InChI=1S/C7H14N4O/c1-8-7-10-9-6(11(7)2)4-5-12-3/h4-5H2,1-3H3,(H,8,10). The quantitative estimate of drug-likeness (QED) is 0.693. The molecule has 0 saturated heterocycles. The van der Waals surface area contributed by atoms with Crippen molar-refractivity contribution in [3.05, 3.63) is 5.82 Å². The van der Waals surface area contributed by atoms with E-state index in [9.17, 15) is 0 Å². The predicted octanol–water partition coefficient (Wildman–Crippen LogP) is 0.0457. The average Bonchev–Trinajstić information content (AvgIpc) is 2.43. The third-order valence-corrected chi connectivity index (χ3v) is 1.72. The molecule has 0 unspecified atom stereocenters. The van der Waals surface area contributed by atoms with Gasteiger partial charge >= 0.3 is 0 Å². The van der Waals surface area contributed by atoms with Crippen molar-refractivity contribution in [1.82, 2.24) is 14.8 Å². The van der Waals surface area contributed by atoms with E-state index in [1.54, 1.807) is 7.11 Å². The molecule has 5 heteroatoms. The van der Waals surface area contributed by atoms with Gasteiger partial charge in [0, 0.05) is 27.6 Å². The van der Waals surface area contributed by atoms with Crippen LogP contribution in [0.15, 0.2) is 0 Å². The van der Waals surface area contributed by atoms with Gasteiger partial charge < -0.3 is 14.6 Å². The van der Waals surface area contributed by atoms with Gasteiger partial charge in [0.2, 0.25) is 5.95 Å². The number of methoxy groups -OCH3 is 1. The number of anilines is 1. The van der Waals surface area contributed by atoms with Crippen LogP contribution in [-0.2, 0) is 18.2 Å². The van der Waals surface area contributed by atoms with Crippen LogP contribution in [-0.4, -0.2) is 35.5 Å². The molecule has 1 N–H and O–H groups in total. The van der Waals surface area contributed by atoms with Crippen molar-refractivity contribution in [3.63, 3.8) is 0 Å². The van der Waals surface area contributed by atoms with Gasteiger partial charge in [-0.1, -0.05) is 0 Å². The smallest absolute Gasteiger partial charge is 0.224 e. The molecule has 12 heavy (non-hydrogen) atoms. The first-order valence-corrected chi connectivity index (χ1v) is 3.84. The molecule has 1 aromatic heterocycles. The Labute approximate surface area is 71.7 Å². The lowest BCUT2D eigenvalue weighted by Crippen LogP contribution is -2.05. The Hall–Kier alpha value is -1.10. The number of rotatable bonds is 4. The van der Waals surface area contributed by atoms with Crippen LogP contribution in [0.1, 0.15) is 5.82 Å². The summed E-state index contributed by atoms with van der Waals surface area (Å²) in [5.41, 5.74) is 0. The molecule has 1 rings (SSSR count). The first-order chi connectivity index (χ1) is 5.79. The van der Waals surface area contributed by atoms with E-state index in [2.05, 4.69) is 15.5 Å². The van der Waals surface area contributed by atoms with E-state index >= 15 is 0 Å². The third kappa shape index (κ3) is 1.73. The van der Waals surface area contributed by atoms with Crippen LogP contribution in [0, 0.1) is 0 Å². The molecule has 0 bridgehead atoms. The van der Waals surface area contributed by atoms with E-state index in [1.807, 2.05) is 18.7 Å². The van der Waals surface area contributed by atoms with Crippen molar-refractivity contribution < 1.29 is 4.74 Å². The highest BCUT2D eigenvalue weighted by Gasteiger charge is 2.05. The Kier molecular flexibility index (Phi) is 3.04. The lowest BCUT2D eigenvalue weighted by Gasteiger charge is -2.01. The van der Waals surface area contributed by atoms with E-state index in [0.29, 0.717) is 6.61 Å². The largest absolute Gasteiger partial charge is 0.384 e. The third-order valence-electron chi connectivity index (χ3n) is 1.72. The molecule has 0 spiro atoms. The van der Waals surface area contributed by atoms with Crippen molar-refractivity contribution in [2.45, 2.75) is 6.42 Å². The summed E-state index contributed by atoms with van der Waals surface area (Å²) in [6.45, 7) is 0.676. The Balaban J connectivity index is 2.66. The van der Waals surface area contributed by atoms with Crippen molar-refractivity contribution in [3.8, 4) is 0 Å². The summed E-state index contributed by atoms with van der Waals surface area (Å²) in [7, 11) is 5.43. The first-order valence-electron chi connectivity index (χ1n) is 3.84. The molecule has 0 aliphatic rings. The van der Waals surface area contributed by atoms with Crippen LogP contribution in [0.2, 0.25) is 0 Å². The molecule has 5 nitrogen and oxygen atoms in total. The van der Waals surface area contributed by atoms with Crippen LogP contribution in [0.3, 0.4) is 0 Å². The summed E-state index contributed by atoms with van der Waals surface area (Å²) >= 11 is 0. The summed E-state index contributed by atoms with van der Waals surface area (Å²) in [6, 6.07) is 0. The molecule has 0 amide bonds. The minimum absolute atomic E-state index is 0.676. The minimum Gasteiger partial charge on any atom is -0.384 e. The SMILES string of the molecule is CNc1nnc(CCOC)n1C. The van der Waals surface area contributed by atoms with E-state index in [1.165, 1.54) is 0 Å². The Morgan fingerprint density at radius 1 is 1.50 bits per heavy atom. The van der Waals surface area contributed by atoms with Crippen molar-refractivity contribution in [1.29, 1.82) is 0 Å². The van der Waals surface area contributed by atoms with Crippen LogP contribution in [0.25, 0.3) is 0 Å². The fourth-order valence-corrected chi connectivity index (χ4v) is 0.990. The molecule has 0 radical (unpaired) electrons. The molecular weight excluding hydrogens is 156 g/mol. The predicted molar refractivity (Wildman–Crippen MR) is 46.1 cm³/mol. The Morgan fingerprint density at radius 3 is 2.75 bits per heavy atom. The van der Waals surface area contributed by atoms with Crippen LogP contribution < -0.4 is 5.32 Å². The summed E-state index contributed by atoms with van der Waals surface area (Å²) in [5, 5.41) is 10.9. The molecular formula is C7H14N4O. The van der Waals surface area contributed by atoms with Gasteiger partial charge in [-0.2, -0.15) is 0 Å². The number of hydrogen-bond donors (Lipinski definition) is 1. The Bertz CT molecular complexity index is 246. The zero-order chi connectivity index (χ0) is 8.97. The van der Waals surface area contributed by atoms with Crippen molar-refractivity contribution in [2.24, 2.45) is 7.05 Å². The van der Waals surface area contributed by atoms with E-state index in [-0.39, 0.29) is 0 Å². The molecule has 0 aliphatic carbocycles. The highest BCUT2D eigenvalue weighted by atomic mass is 16.5. The molecule has 0 saturated carbocycles. The van der Waals surface area contributed by atoms with Gasteiger partial charge in [-0.05, 0) is 0 Å². The highest BCUT2D eigenvalue weighted by Crippen LogP contribution is 2.03. The second kappa shape index (κ2) is 4.06. The van der Waals surface area contributed by atoms with Crippen molar-refractivity contribution in [2.75, 3.05) is 26.1 Å². The summed E-state index contributed by atoms with van der Waals surface area (Å²) in [5.74, 6) is 1.71. The molecule has 1 heterocycles. The zero-order valence-electron chi connectivity index (χ0n) is 7.66. The van der Waals surface area contributed by atoms with Crippen LogP contribution >= 0.6 is 0 Å². The molecule has 68 valence electrons. The Morgan fingerprint density at radius 2 is 2.25 bits per heavy atom. The topological polar surface area (TPSA) is 52.0 Å². The molecule has 0 aliphatic heterocycles. The van der Waals surface area contributed by atoms with Gasteiger partial charge in [-0.25, -0.2) is 0 Å². The summed E-state index contributed by atoms with van der Waals surface area (Å²) < 4.78 is 6.86. The summed E-state index contributed by atoms with van der Waals surface area (Å²) in [6.07, 6.45) is 0.793. The maximum atomic E-state index is 4.94. The number of ether oxygens (including phenoxy) is 1. The van der Waals surface area contributed by atoms with Gasteiger partial charge in [0.25, 0.3) is 0 Å². The van der Waals surface area contributed by atoms with Gasteiger partial charge in [-0.3, -0.25) is 0 Å². The van der Waals surface area contributed by atoms with Crippen LogP contribution in [0.5, 0.6) is 0 Å². The number of hydrogen-bond acceptors (Lipinski definition) is 4. The van der Waals surface area contributed by atoms with Crippen LogP contribution in [0.4, 0.5) is 5.95 Å².